The third-order valence-electron chi connectivity index (χ3n) is 18.6. The highest BCUT2D eigenvalue weighted by molar-refractivity contribution is 5.79. The van der Waals surface area contributed by atoms with Gasteiger partial charge in [-0.1, -0.05) is 51.5 Å². The van der Waals surface area contributed by atoms with Gasteiger partial charge >= 0.3 is 11.9 Å². The molecule has 0 aromatic rings. The van der Waals surface area contributed by atoms with Crippen LogP contribution in [-0.4, -0.2) is 185 Å². The van der Waals surface area contributed by atoms with Gasteiger partial charge in [0.05, 0.1) is 35.7 Å². The van der Waals surface area contributed by atoms with Gasteiger partial charge in [0.1, 0.15) is 67.3 Å². The topological polar surface area (TPSA) is 329 Å². The average molecular weight is 955 g/mol. The van der Waals surface area contributed by atoms with E-state index >= 15 is 0 Å². The summed E-state index contributed by atoms with van der Waals surface area (Å²) in [5.74, 6) is -3.12. The van der Waals surface area contributed by atoms with Gasteiger partial charge in [0.2, 0.25) is 6.29 Å². The molecule has 7 fully saturated rings. The zero-order chi connectivity index (χ0) is 49.1. The number of rotatable bonds is 9. The second-order valence-corrected chi connectivity index (χ2v) is 21.9. The summed E-state index contributed by atoms with van der Waals surface area (Å²) in [4.78, 5) is 40.6. The number of carboxylic acids is 1. The van der Waals surface area contributed by atoms with Crippen LogP contribution in [-0.2, 0) is 42.8 Å². The largest absolute Gasteiger partial charge is 0.479 e. The number of fused-ring (bicyclic) bond motifs is 7. The molecule has 4 saturated carbocycles. The number of aliphatic hydroxyl groups is 10. The fourth-order valence-corrected chi connectivity index (χ4v) is 14.5. The van der Waals surface area contributed by atoms with Crippen molar-refractivity contribution < 1.29 is 99.0 Å². The number of aliphatic carboxylic acids is 1. The van der Waals surface area contributed by atoms with Gasteiger partial charge in [0, 0.05) is 5.92 Å². The molecule has 20 heteroatoms. The van der Waals surface area contributed by atoms with Gasteiger partial charge in [0.25, 0.3) is 0 Å². The summed E-state index contributed by atoms with van der Waals surface area (Å²) < 4.78 is 34.6. The van der Waals surface area contributed by atoms with E-state index in [1.54, 1.807) is 6.92 Å². The number of carboxylic acid groups (broad SMARTS) is 1. The first-order chi connectivity index (χ1) is 31.3. The van der Waals surface area contributed by atoms with Gasteiger partial charge in [-0.15, -0.1) is 0 Å². The molecule has 0 aromatic carbocycles. The van der Waals surface area contributed by atoms with Gasteiger partial charge in [-0.25, -0.2) is 4.79 Å². The van der Waals surface area contributed by atoms with Crippen LogP contribution in [0, 0.1) is 44.8 Å². The van der Waals surface area contributed by atoms with Crippen LogP contribution < -0.4 is 0 Å². The Balaban J connectivity index is 1.06. The maximum absolute atomic E-state index is 14.5. The van der Waals surface area contributed by atoms with Gasteiger partial charge in [0.15, 0.2) is 18.7 Å². The summed E-state index contributed by atoms with van der Waals surface area (Å²) in [5.41, 5.74) is -2.04. The minimum Gasteiger partial charge on any atom is -0.479 e. The zero-order valence-electron chi connectivity index (χ0n) is 38.6. The van der Waals surface area contributed by atoms with Crippen LogP contribution in [0.15, 0.2) is 23.8 Å². The standard InChI is InChI=1S/C47H70O20/c1-19-9-12-47(42(61)67-40-32(56)30(54)28(52)24(17-48)63-40)14-13-45(5)21(22(47)15-19)7-8-26-43(3)16-23(50)37(44(4,18-49)25(43)10-11-46(26,45)6)66-41-34(58)35(33(57)36(65-41)38(59)60)64-39-31(55)29(53)27(51)20(2)62-39/h7,18,20,22-37,39-41,48,50-58H,1,8-17H2,2-6H3,(H,59,60)/t20-,22-,23+,24+,25?,26?,27-,28+,29+,30-,31+,32+,33-,34+,35-,36-,37+,39-,40-,41-,43-,44-,45+,46+,47-/m0/s1. The number of carbonyl (C=O) groups excluding carboxylic acids is 2. The molecule has 25 atom stereocenters. The van der Waals surface area contributed by atoms with Crippen molar-refractivity contribution >= 4 is 18.2 Å². The third kappa shape index (κ3) is 7.71. The molecule has 378 valence electrons. The fourth-order valence-electron chi connectivity index (χ4n) is 14.5. The average Bonchev–Trinajstić information content (AvgIpc) is 3.28. The van der Waals surface area contributed by atoms with E-state index < -0.39 is 156 Å². The Labute approximate surface area is 388 Å². The number of esters is 1. The van der Waals surface area contributed by atoms with Crippen LogP contribution >= 0.6 is 0 Å². The normalized spacial score (nSPS) is 54.3. The minimum atomic E-state index is -2.05. The van der Waals surface area contributed by atoms with E-state index in [1.807, 2.05) is 0 Å². The second-order valence-electron chi connectivity index (χ2n) is 21.9. The lowest BCUT2D eigenvalue weighted by atomic mass is 9.33. The fraction of sp³-hybridized carbons (Fsp3) is 0.851. The van der Waals surface area contributed by atoms with Gasteiger partial charge < -0.3 is 89.4 Å². The zero-order valence-corrected chi connectivity index (χ0v) is 38.6. The molecule has 0 aromatic heterocycles. The number of aliphatic hydroxyl groups excluding tert-OH is 10. The Hall–Kier alpha value is -2.51. The lowest BCUT2D eigenvalue weighted by Gasteiger charge is -2.71. The number of carbonyl (C=O) groups is 3. The molecule has 3 saturated heterocycles. The summed E-state index contributed by atoms with van der Waals surface area (Å²) in [5, 5.41) is 118. The molecule has 3 aliphatic heterocycles. The summed E-state index contributed by atoms with van der Waals surface area (Å²) in [6.07, 6.45) is -21.2. The van der Waals surface area contributed by atoms with E-state index in [9.17, 15) is 70.6 Å². The van der Waals surface area contributed by atoms with Crippen LogP contribution in [0.1, 0.15) is 92.4 Å². The van der Waals surface area contributed by atoms with Crippen molar-refractivity contribution in [1.82, 2.24) is 0 Å². The predicted molar refractivity (Wildman–Crippen MR) is 226 cm³/mol. The van der Waals surface area contributed by atoms with Crippen molar-refractivity contribution in [3.05, 3.63) is 23.8 Å². The van der Waals surface area contributed by atoms with Gasteiger partial charge in [-0.3, -0.25) is 4.79 Å². The first kappa shape index (κ1) is 50.9. The lowest BCUT2D eigenvalue weighted by molar-refractivity contribution is -0.366. The molecule has 0 radical (unpaired) electrons. The monoisotopic (exact) mass is 954 g/mol. The summed E-state index contributed by atoms with van der Waals surface area (Å²) in [6, 6.07) is 0. The molecular formula is C47H70O20. The maximum Gasteiger partial charge on any atom is 0.335 e. The van der Waals surface area contributed by atoms with Crippen molar-refractivity contribution in [2.24, 2.45) is 44.8 Å². The SMILES string of the molecule is C=C1CC[C@]2(C(=O)O[C@@H]3O[C@H](CO)[C@@H](O)[C@H](O)[C@H]3O)CC[C@]3(C)C(=CCC4[C@@]5(C)C[C@@H](O)[C@@H](O[C@@H]6O[C@H](C(=O)O)[C@@H](O)[C@H](O[C@@H]7O[C@@H](C)[C@H](O)[C@@H](O)[C@H]7O)[C@H]6O)[C@@](C)(C=O)C5CC[C@]43C)[C@@H]2C1. The van der Waals surface area contributed by atoms with Crippen LogP contribution in [0.4, 0.5) is 0 Å². The quantitative estimate of drug-likeness (QED) is 0.0568. The minimum absolute atomic E-state index is 0.109. The molecule has 0 bridgehead atoms. The van der Waals surface area contributed by atoms with E-state index in [1.165, 1.54) is 6.92 Å². The van der Waals surface area contributed by atoms with Crippen LogP contribution in [0.25, 0.3) is 0 Å². The number of allylic oxidation sites excluding steroid dienone is 3. The number of ether oxygens (including phenoxy) is 6. The molecular weight excluding hydrogens is 884 g/mol. The molecule has 20 nitrogen and oxygen atoms in total. The Morgan fingerprint density at radius 1 is 0.791 bits per heavy atom. The van der Waals surface area contributed by atoms with E-state index in [-0.39, 0.29) is 18.3 Å². The molecule has 5 aliphatic carbocycles. The van der Waals surface area contributed by atoms with Crippen molar-refractivity contribution in [2.75, 3.05) is 6.61 Å². The van der Waals surface area contributed by atoms with Crippen molar-refractivity contribution in [1.29, 1.82) is 0 Å². The van der Waals surface area contributed by atoms with Crippen LogP contribution in [0.5, 0.6) is 0 Å². The Morgan fingerprint density at radius 3 is 2.10 bits per heavy atom. The molecule has 11 N–H and O–H groups in total. The van der Waals surface area contributed by atoms with E-state index in [0.29, 0.717) is 51.4 Å². The smallest absolute Gasteiger partial charge is 0.335 e. The molecule has 67 heavy (non-hydrogen) atoms. The number of hydrogen-bond donors (Lipinski definition) is 11. The van der Waals surface area contributed by atoms with Crippen molar-refractivity contribution in [3.63, 3.8) is 0 Å². The molecule has 8 aliphatic rings. The Morgan fingerprint density at radius 2 is 1.45 bits per heavy atom. The van der Waals surface area contributed by atoms with E-state index in [0.717, 1.165) is 17.4 Å². The van der Waals surface area contributed by atoms with Crippen LogP contribution in [0.2, 0.25) is 0 Å². The van der Waals surface area contributed by atoms with E-state index in [2.05, 4.69) is 33.4 Å². The predicted octanol–water partition coefficient (Wildman–Crippen LogP) is -1.06. The van der Waals surface area contributed by atoms with Crippen LogP contribution in [0.3, 0.4) is 0 Å². The highest BCUT2D eigenvalue weighted by Crippen LogP contribution is 2.75. The highest BCUT2D eigenvalue weighted by Gasteiger charge is 2.71. The summed E-state index contributed by atoms with van der Waals surface area (Å²) >= 11 is 0. The number of hydrogen-bond acceptors (Lipinski definition) is 19. The van der Waals surface area contributed by atoms with E-state index in [4.69, 9.17) is 28.4 Å². The van der Waals surface area contributed by atoms with Crippen molar-refractivity contribution in [3.8, 4) is 0 Å². The first-order valence-electron chi connectivity index (χ1n) is 23.6. The van der Waals surface area contributed by atoms with Gasteiger partial charge in [-0.2, -0.15) is 0 Å². The summed E-state index contributed by atoms with van der Waals surface area (Å²) in [7, 11) is 0. The van der Waals surface area contributed by atoms with Gasteiger partial charge in [-0.05, 0) is 92.8 Å². The third-order valence-corrected chi connectivity index (χ3v) is 18.6. The molecule has 3 heterocycles. The lowest BCUT2D eigenvalue weighted by Crippen LogP contribution is -2.69. The maximum atomic E-state index is 14.5. The Kier molecular flexibility index (Phi) is 13.6. The number of aldehydes is 1. The molecule has 8 rings (SSSR count). The Bertz CT molecular complexity index is 1950. The molecule has 0 amide bonds. The van der Waals surface area contributed by atoms with Crippen molar-refractivity contribution in [2.45, 2.75) is 197 Å². The molecule has 0 spiro atoms. The highest BCUT2D eigenvalue weighted by atomic mass is 16.7. The second kappa shape index (κ2) is 18.0. The molecule has 2 unspecified atom stereocenters. The summed E-state index contributed by atoms with van der Waals surface area (Å²) in [6.45, 7) is 13.2. The first-order valence-corrected chi connectivity index (χ1v) is 23.6.